The first-order valence-corrected chi connectivity index (χ1v) is 7.21. The summed E-state index contributed by atoms with van der Waals surface area (Å²) in [5.74, 6) is -0.556. The van der Waals surface area contributed by atoms with E-state index in [1.54, 1.807) is 6.92 Å². The summed E-state index contributed by atoms with van der Waals surface area (Å²) in [7, 11) is 0. The second kappa shape index (κ2) is 11.5. The minimum Gasteiger partial charge on any atom is -0.303 e. The van der Waals surface area contributed by atoms with Crippen LogP contribution in [0.3, 0.4) is 0 Å². The Balaban J connectivity index is 4.09. The molecule has 113 valence electrons. The van der Waals surface area contributed by atoms with Crippen LogP contribution < -0.4 is 0 Å². The fourth-order valence-electron chi connectivity index (χ4n) is 2.29. The molecule has 0 aromatic heterocycles. The van der Waals surface area contributed by atoms with Crippen LogP contribution in [0.1, 0.15) is 45.4 Å². The third-order valence-electron chi connectivity index (χ3n) is 3.61. The first-order chi connectivity index (χ1) is 9.60. The predicted molar refractivity (Wildman–Crippen MR) is 76.9 cm³/mol. The van der Waals surface area contributed by atoms with Gasteiger partial charge in [-0.3, -0.25) is 0 Å². The molecule has 0 aliphatic carbocycles. The van der Waals surface area contributed by atoms with Crippen LogP contribution in [-0.2, 0) is 19.2 Å². The summed E-state index contributed by atoms with van der Waals surface area (Å²) in [6.07, 6.45) is 7.19. The highest BCUT2D eigenvalue weighted by Gasteiger charge is 2.16. The molecule has 4 nitrogen and oxygen atoms in total. The molecule has 0 aliphatic rings. The number of hydrogen-bond acceptors (Lipinski definition) is 4. The lowest BCUT2D eigenvalue weighted by Gasteiger charge is -2.16. The lowest BCUT2D eigenvalue weighted by molar-refractivity contribution is -0.114. The van der Waals surface area contributed by atoms with Crippen LogP contribution in [0.2, 0.25) is 0 Å². The molecule has 1 radical (unpaired) electrons. The van der Waals surface area contributed by atoms with Gasteiger partial charge in [0.25, 0.3) is 0 Å². The number of carbonyl (C=O) groups is 4. The first-order valence-electron chi connectivity index (χ1n) is 7.21. The van der Waals surface area contributed by atoms with Gasteiger partial charge in [-0.2, -0.15) is 0 Å². The smallest absolute Gasteiger partial charge is 0.123 e. The van der Waals surface area contributed by atoms with Crippen molar-refractivity contribution in [3.05, 3.63) is 6.92 Å². The molecule has 0 amide bonds. The van der Waals surface area contributed by atoms with Gasteiger partial charge in [-0.05, 0) is 32.1 Å². The Labute approximate surface area is 121 Å². The fourth-order valence-corrected chi connectivity index (χ4v) is 2.29. The summed E-state index contributed by atoms with van der Waals surface area (Å²) in [6.45, 7) is 5.47. The SMILES string of the molecule is [CH2]CC(C=O)CC(C=O)CCCC(C=O)CC(C)C=O. The molecule has 0 fully saturated rings. The van der Waals surface area contributed by atoms with Gasteiger partial charge in [-0.15, -0.1) is 0 Å². The van der Waals surface area contributed by atoms with Gasteiger partial charge in [0.1, 0.15) is 25.1 Å². The highest BCUT2D eigenvalue weighted by atomic mass is 16.1. The van der Waals surface area contributed by atoms with Gasteiger partial charge in [-0.25, -0.2) is 0 Å². The van der Waals surface area contributed by atoms with E-state index in [0.29, 0.717) is 32.1 Å². The topological polar surface area (TPSA) is 68.3 Å². The average molecular weight is 281 g/mol. The Kier molecular flexibility index (Phi) is 10.7. The summed E-state index contributed by atoms with van der Waals surface area (Å²) in [6, 6.07) is 0. The van der Waals surface area contributed by atoms with E-state index in [1.807, 2.05) is 0 Å². The predicted octanol–water partition coefficient (Wildman–Crippen LogP) is 2.44. The number of carbonyl (C=O) groups excluding carboxylic acids is 4. The molecule has 0 rings (SSSR count). The molecular formula is C16H25O4. The van der Waals surface area contributed by atoms with Crippen molar-refractivity contribution in [3.63, 3.8) is 0 Å². The zero-order chi connectivity index (χ0) is 15.4. The maximum Gasteiger partial charge on any atom is 0.123 e. The molecule has 0 spiro atoms. The summed E-state index contributed by atoms with van der Waals surface area (Å²) in [5, 5.41) is 0. The quantitative estimate of drug-likeness (QED) is 0.486. The van der Waals surface area contributed by atoms with Crippen molar-refractivity contribution in [1.29, 1.82) is 0 Å². The molecule has 0 saturated heterocycles. The maximum absolute atomic E-state index is 11.0. The molecule has 0 aromatic rings. The lowest BCUT2D eigenvalue weighted by atomic mass is 9.88. The molecule has 0 aromatic carbocycles. The summed E-state index contributed by atoms with van der Waals surface area (Å²) >= 11 is 0. The number of hydrogen-bond donors (Lipinski definition) is 0. The van der Waals surface area contributed by atoms with E-state index in [9.17, 15) is 19.2 Å². The van der Waals surface area contributed by atoms with Crippen molar-refractivity contribution in [2.75, 3.05) is 0 Å². The van der Waals surface area contributed by atoms with Crippen molar-refractivity contribution in [1.82, 2.24) is 0 Å². The van der Waals surface area contributed by atoms with Gasteiger partial charge in [0.05, 0.1) is 0 Å². The van der Waals surface area contributed by atoms with E-state index in [0.717, 1.165) is 31.6 Å². The Morgan fingerprint density at radius 2 is 1.30 bits per heavy atom. The molecule has 0 aliphatic heterocycles. The van der Waals surface area contributed by atoms with Crippen LogP contribution in [0, 0.1) is 30.6 Å². The van der Waals surface area contributed by atoms with Gasteiger partial charge in [0, 0.05) is 23.7 Å². The Morgan fingerprint density at radius 3 is 1.70 bits per heavy atom. The molecule has 4 heteroatoms. The van der Waals surface area contributed by atoms with Crippen LogP contribution in [0.25, 0.3) is 0 Å². The lowest BCUT2D eigenvalue weighted by Crippen LogP contribution is -2.13. The standard InChI is InChI=1S/C16H25O4/c1-3-14(10-18)8-16(12-20)6-4-5-15(11-19)7-13(2)9-17/h9-16H,1,3-8H2,2H3. The molecule has 20 heavy (non-hydrogen) atoms. The van der Waals surface area contributed by atoms with Gasteiger partial charge in [-0.1, -0.05) is 20.3 Å². The Hall–Kier alpha value is -1.32. The normalized spacial score (nSPS) is 16.7. The van der Waals surface area contributed by atoms with E-state index in [-0.39, 0.29) is 23.7 Å². The van der Waals surface area contributed by atoms with Gasteiger partial charge in [0.2, 0.25) is 0 Å². The molecule has 0 saturated carbocycles. The van der Waals surface area contributed by atoms with Crippen molar-refractivity contribution in [3.8, 4) is 0 Å². The second-order valence-corrected chi connectivity index (χ2v) is 5.49. The van der Waals surface area contributed by atoms with E-state index < -0.39 is 0 Å². The maximum atomic E-state index is 11.0. The van der Waals surface area contributed by atoms with Crippen molar-refractivity contribution >= 4 is 25.1 Å². The van der Waals surface area contributed by atoms with E-state index in [2.05, 4.69) is 6.92 Å². The number of aldehydes is 4. The van der Waals surface area contributed by atoms with Crippen molar-refractivity contribution < 1.29 is 19.2 Å². The van der Waals surface area contributed by atoms with Crippen molar-refractivity contribution in [2.45, 2.75) is 45.4 Å². The second-order valence-electron chi connectivity index (χ2n) is 5.49. The monoisotopic (exact) mass is 281 g/mol. The largest absolute Gasteiger partial charge is 0.303 e. The third kappa shape index (κ3) is 7.97. The van der Waals surface area contributed by atoms with Crippen molar-refractivity contribution in [2.24, 2.45) is 23.7 Å². The molecule has 0 N–H and O–H groups in total. The average Bonchev–Trinajstić information content (AvgIpc) is 2.49. The van der Waals surface area contributed by atoms with Crippen LogP contribution in [0.5, 0.6) is 0 Å². The fraction of sp³-hybridized carbons (Fsp3) is 0.688. The zero-order valence-corrected chi connectivity index (χ0v) is 12.2. The van der Waals surface area contributed by atoms with E-state index in [4.69, 9.17) is 0 Å². The summed E-state index contributed by atoms with van der Waals surface area (Å²) in [5.41, 5.74) is 0. The highest BCUT2D eigenvalue weighted by Crippen LogP contribution is 2.21. The zero-order valence-electron chi connectivity index (χ0n) is 12.2. The minimum atomic E-state index is -0.165. The Bertz CT molecular complexity index is 301. The highest BCUT2D eigenvalue weighted by molar-refractivity contribution is 5.58. The Morgan fingerprint density at radius 1 is 0.800 bits per heavy atom. The summed E-state index contributed by atoms with van der Waals surface area (Å²) < 4.78 is 0. The van der Waals surface area contributed by atoms with Gasteiger partial charge in [0.15, 0.2) is 0 Å². The number of rotatable bonds is 13. The van der Waals surface area contributed by atoms with E-state index >= 15 is 0 Å². The molecule has 0 bridgehead atoms. The van der Waals surface area contributed by atoms with Crippen LogP contribution in [0.4, 0.5) is 0 Å². The van der Waals surface area contributed by atoms with Crippen LogP contribution >= 0.6 is 0 Å². The first kappa shape index (κ1) is 18.7. The molecule has 4 unspecified atom stereocenters. The van der Waals surface area contributed by atoms with Crippen LogP contribution in [0.15, 0.2) is 0 Å². The van der Waals surface area contributed by atoms with Gasteiger partial charge < -0.3 is 19.2 Å². The van der Waals surface area contributed by atoms with Gasteiger partial charge >= 0.3 is 0 Å². The van der Waals surface area contributed by atoms with Crippen LogP contribution in [-0.4, -0.2) is 25.1 Å². The third-order valence-corrected chi connectivity index (χ3v) is 3.61. The molecular weight excluding hydrogens is 256 g/mol. The minimum absolute atomic E-state index is 0.113. The van der Waals surface area contributed by atoms with E-state index in [1.165, 1.54) is 0 Å². The molecule has 0 heterocycles. The summed E-state index contributed by atoms with van der Waals surface area (Å²) in [4.78, 5) is 43.2. The molecule has 4 atom stereocenters.